The van der Waals surface area contributed by atoms with Crippen LogP contribution in [0.1, 0.15) is 40.0 Å². The van der Waals surface area contributed by atoms with Gasteiger partial charge in [-0.1, -0.05) is 25.4 Å². The standard InChI is InChI=1S/C13H29N3O2S/c1-12(2,11(14)16-18)7-5-6-8-15-9-13(3,17)10-19-4/h15,17-18H,5-10H2,1-4H3,(H2,14,16). The lowest BCUT2D eigenvalue weighted by Crippen LogP contribution is -2.40. The zero-order chi connectivity index (χ0) is 14.9. The van der Waals surface area contributed by atoms with Gasteiger partial charge in [0.25, 0.3) is 0 Å². The Balaban J connectivity index is 3.72. The summed E-state index contributed by atoms with van der Waals surface area (Å²) in [6.45, 7) is 7.27. The quantitative estimate of drug-likeness (QED) is 0.161. The molecule has 1 unspecified atom stereocenters. The molecule has 0 rings (SSSR count). The Morgan fingerprint density at radius 2 is 1.95 bits per heavy atom. The molecule has 0 fully saturated rings. The van der Waals surface area contributed by atoms with Crippen molar-refractivity contribution in [1.29, 1.82) is 0 Å². The molecular weight excluding hydrogens is 262 g/mol. The molecular formula is C13H29N3O2S. The minimum atomic E-state index is -0.646. The van der Waals surface area contributed by atoms with Gasteiger partial charge in [-0.15, -0.1) is 0 Å². The van der Waals surface area contributed by atoms with Crippen LogP contribution in [0.5, 0.6) is 0 Å². The highest BCUT2D eigenvalue weighted by molar-refractivity contribution is 7.98. The van der Waals surface area contributed by atoms with E-state index >= 15 is 0 Å². The summed E-state index contributed by atoms with van der Waals surface area (Å²) in [4.78, 5) is 0. The van der Waals surface area contributed by atoms with E-state index in [0.29, 0.717) is 6.54 Å². The normalized spacial score (nSPS) is 16.4. The lowest BCUT2D eigenvalue weighted by Gasteiger charge is -2.24. The second-order valence-corrected chi connectivity index (χ2v) is 6.80. The lowest BCUT2D eigenvalue weighted by molar-refractivity contribution is 0.0849. The van der Waals surface area contributed by atoms with Gasteiger partial charge in [0.2, 0.25) is 0 Å². The molecule has 0 aromatic rings. The molecule has 114 valence electrons. The maximum absolute atomic E-state index is 9.96. The lowest BCUT2D eigenvalue weighted by atomic mass is 9.86. The number of nitrogens with two attached hydrogens (primary N) is 1. The van der Waals surface area contributed by atoms with Gasteiger partial charge in [0.15, 0.2) is 0 Å². The summed E-state index contributed by atoms with van der Waals surface area (Å²) >= 11 is 1.65. The van der Waals surface area contributed by atoms with Gasteiger partial charge in [-0.05, 0) is 32.6 Å². The summed E-state index contributed by atoms with van der Waals surface area (Å²) in [5.74, 6) is 1.01. The van der Waals surface area contributed by atoms with E-state index in [9.17, 15) is 5.11 Å². The van der Waals surface area contributed by atoms with Gasteiger partial charge >= 0.3 is 0 Å². The van der Waals surface area contributed by atoms with Crippen LogP contribution in [0.25, 0.3) is 0 Å². The molecule has 0 radical (unpaired) electrons. The molecule has 0 spiro atoms. The minimum Gasteiger partial charge on any atom is -0.409 e. The Morgan fingerprint density at radius 3 is 2.47 bits per heavy atom. The van der Waals surface area contributed by atoms with Crippen molar-refractivity contribution in [3.05, 3.63) is 0 Å². The number of thioether (sulfide) groups is 1. The highest BCUT2D eigenvalue weighted by atomic mass is 32.2. The first kappa shape index (κ1) is 18.5. The number of amidine groups is 1. The monoisotopic (exact) mass is 291 g/mol. The van der Waals surface area contributed by atoms with Gasteiger partial charge < -0.3 is 21.4 Å². The molecule has 0 bridgehead atoms. The number of nitrogens with one attached hydrogen (secondary N) is 1. The van der Waals surface area contributed by atoms with Gasteiger partial charge in [0.05, 0.1) is 5.60 Å². The topological polar surface area (TPSA) is 90.9 Å². The van der Waals surface area contributed by atoms with E-state index in [1.54, 1.807) is 11.8 Å². The van der Waals surface area contributed by atoms with Crippen molar-refractivity contribution in [2.75, 3.05) is 25.1 Å². The number of hydrogen-bond donors (Lipinski definition) is 4. The Labute approximate surface area is 121 Å². The van der Waals surface area contributed by atoms with Gasteiger partial charge in [0.1, 0.15) is 5.84 Å². The molecule has 0 aliphatic carbocycles. The zero-order valence-electron chi connectivity index (χ0n) is 12.6. The van der Waals surface area contributed by atoms with Gasteiger partial charge in [-0.3, -0.25) is 0 Å². The van der Waals surface area contributed by atoms with Crippen molar-refractivity contribution < 1.29 is 10.3 Å². The fourth-order valence-corrected chi connectivity index (χ4v) is 2.52. The van der Waals surface area contributed by atoms with Crippen LogP contribution in [0.4, 0.5) is 0 Å². The predicted octanol–water partition coefficient (Wildman–Crippen LogP) is 1.63. The number of unbranched alkanes of at least 4 members (excludes halogenated alkanes) is 1. The van der Waals surface area contributed by atoms with E-state index in [4.69, 9.17) is 10.9 Å². The molecule has 5 nitrogen and oxygen atoms in total. The third-order valence-electron chi connectivity index (χ3n) is 3.17. The molecule has 0 aromatic carbocycles. The SMILES string of the molecule is CSCC(C)(O)CNCCCCC(C)(C)C(N)=NO. The number of rotatable bonds is 10. The number of nitrogens with zero attached hydrogens (tertiary/aromatic N) is 1. The van der Waals surface area contributed by atoms with E-state index in [2.05, 4.69) is 10.5 Å². The molecule has 0 saturated heterocycles. The second-order valence-electron chi connectivity index (χ2n) is 5.93. The van der Waals surface area contributed by atoms with Crippen molar-refractivity contribution in [2.24, 2.45) is 16.3 Å². The summed E-state index contributed by atoms with van der Waals surface area (Å²) in [7, 11) is 0. The van der Waals surface area contributed by atoms with Crippen molar-refractivity contribution >= 4 is 17.6 Å². The Kier molecular flexibility index (Phi) is 8.45. The van der Waals surface area contributed by atoms with E-state index in [1.807, 2.05) is 27.0 Å². The summed E-state index contributed by atoms with van der Waals surface area (Å²) in [6.07, 6.45) is 4.88. The average Bonchev–Trinajstić information content (AvgIpc) is 2.32. The highest BCUT2D eigenvalue weighted by Gasteiger charge is 2.23. The molecule has 0 aliphatic rings. The maximum Gasteiger partial charge on any atom is 0.144 e. The van der Waals surface area contributed by atoms with Crippen molar-refractivity contribution in [3.63, 3.8) is 0 Å². The second kappa shape index (κ2) is 8.66. The molecule has 1 atom stereocenters. The van der Waals surface area contributed by atoms with Crippen LogP contribution in [0.3, 0.4) is 0 Å². The number of aliphatic hydroxyl groups is 1. The molecule has 0 aliphatic heterocycles. The first-order chi connectivity index (χ1) is 8.75. The van der Waals surface area contributed by atoms with Crippen LogP contribution in [-0.4, -0.2) is 46.8 Å². The molecule has 0 saturated carbocycles. The van der Waals surface area contributed by atoms with Crippen LogP contribution < -0.4 is 11.1 Å². The Bertz CT molecular complexity index is 281. The van der Waals surface area contributed by atoms with E-state index in [0.717, 1.165) is 31.6 Å². The first-order valence-electron chi connectivity index (χ1n) is 6.65. The fraction of sp³-hybridized carbons (Fsp3) is 0.923. The molecule has 0 amide bonds. The summed E-state index contributed by atoms with van der Waals surface area (Å²) in [5.41, 5.74) is 4.72. The number of oxime groups is 1. The Morgan fingerprint density at radius 1 is 1.32 bits per heavy atom. The Hall–Kier alpha value is -0.460. The van der Waals surface area contributed by atoms with Crippen LogP contribution in [0.2, 0.25) is 0 Å². The van der Waals surface area contributed by atoms with Crippen LogP contribution in [0.15, 0.2) is 5.16 Å². The highest BCUT2D eigenvalue weighted by Crippen LogP contribution is 2.23. The van der Waals surface area contributed by atoms with Gasteiger partial charge in [-0.2, -0.15) is 11.8 Å². The molecule has 5 N–H and O–H groups in total. The van der Waals surface area contributed by atoms with Crippen molar-refractivity contribution in [2.45, 2.75) is 45.6 Å². The largest absolute Gasteiger partial charge is 0.409 e. The third kappa shape index (κ3) is 8.34. The van der Waals surface area contributed by atoms with Gasteiger partial charge in [0, 0.05) is 17.7 Å². The van der Waals surface area contributed by atoms with Crippen LogP contribution in [0, 0.1) is 5.41 Å². The molecule has 6 heteroatoms. The fourth-order valence-electron chi connectivity index (χ4n) is 1.80. The summed E-state index contributed by atoms with van der Waals surface area (Å²) < 4.78 is 0. The zero-order valence-corrected chi connectivity index (χ0v) is 13.4. The van der Waals surface area contributed by atoms with E-state index < -0.39 is 5.60 Å². The summed E-state index contributed by atoms with van der Waals surface area (Å²) in [5, 5.41) is 25.0. The molecule has 0 heterocycles. The van der Waals surface area contributed by atoms with Gasteiger partial charge in [-0.25, -0.2) is 0 Å². The minimum absolute atomic E-state index is 0.265. The van der Waals surface area contributed by atoms with Crippen LogP contribution in [-0.2, 0) is 0 Å². The van der Waals surface area contributed by atoms with E-state index in [1.165, 1.54) is 0 Å². The van der Waals surface area contributed by atoms with Crippen LogP contribution >= 0.6 is 11.8 Å². The predicted molar refractivity (Wildman–Crippen MR) is 82.9 cm³/mol. The maximum atomic E-state index is 9.96. The first-order valence-corrected chi connectivity index (χ1v) is 8.04. The molecule has 19 heavy (non-hydrogen) atoms. The number of hydrogen-bond acceptors (Lipinski definition) is 5. The summed E-state index contributed by atoms with van der Waals surface area (Å²) in [6, 6.07) is 0. The van der Waals surface area contributed by atoms with Crippen molar-refractivity contribution in [3.8, 4) is 0 Å². The smallest absolute Gasteiger partial charge is 0.144 e. The molecule has 0 aromatic heterocycles. The van der Waals surface area contributed by atoms with Crippen molar-refractivity contribution in [1.82, 2.24) is 5.32 Å². The average molecular weight is 291 g/mol. The third-order valence-corrected chi connectivity index (χ3v) is 4.08. The van der Waals surface area contributed by atoms with E-state index in [-0.39, 0.29) is 11.3 Å².